The van der Waals surface area contributed by atoms with Crippen molar-refractivity contribution < 1.29 is 9.47 Å². The summed E-state index contributed by atoms with van der Waals surface area (Å²) in [6, 6.07) is 37.4. The molecule has 5 aromatic carbocycles. The number of ether oxygens (including phenoxy) is 2. The minimum absolute atomic E-state index is 0.495. The van der Waals surface area contributed by atoms with Gasteiger partial charge in [-0.1, -0.05) is 91.0 Å². The smallest absolute Gasteiger partial charge is 0.169 e. The highest BCUT2D eigenvalue weighted by Crippen LogP contribution is 2.38. The van der Waals surface area contributed by atoms with Gasteiger partial charge in [-0.05, 0) is 45.5 Å². The van der Waals surface area contributed by atoms with E-state index in [2.05, 4.69) is 66.7 Å². The fourth-order valence-corrected chi connectivity index (χ4v) is 3.69. The minimum atomic E-state index is 0.495. The van der Waals surface area contributed by atoms with Gasteiger partial charge in [-0.25, -0.2) is 0 Å². The zero-order chi connectivity index (χ0) is 20.2. The Hall–Kier alpha value is -3.78. The number of hydrogen-bond donors (Lipinski definition) is 0. The van der Waals surface area contributed by atoms with Gasteiger partial charge in [0.15, 0.2) is 11.5 Å². The van der Waals surface area contributed by atoms with Crippen LogP contribution in [0, 0.1) is 0 Å². The lowest BCUT2D eigenvalue weighted by Crippen LogP contribution is -2.01. The zero-order valence-electron chi connectivity index (χ0n) is 16.6. The van der Waals surface area contributed by atoms with E-state index in [1.165, 1.54) is 10.8 Å². The molecule has 0 aliphatic heterocycles. The molecule has 0 saturated carbocycles. The summed E-state index contributed by atoms with van der Waals surface area (Å²) in [6.45, 7) is 0.996. The third-order valence-corrected chi connectivity index (χ3v) is 5.26. The lowest BCUT2D eigenvalue weighted by Gasteiger charge is -2.16. The van der Waals surface area contributed by atoms with Gasteiger partial charge in [-0.15, -0.1) is 0 Å². The molecule has 5 aromatic rings. The van der Waals surface area contributed by atoms with Gasteiger partial charge in [0.1, 0.15) is 13.2 Å². The van der Waals surface area contributed by atoms with Gasteiger partial charge in [-0.3, -0.25) is 0 Å². The van der Waals surface area contributed by atoms with Crippen molar-refractivity contribution in [3.63, 3.8) is 0 Å². The van der Waals surface area contributed by atoms with Crippen molar-refractivity contribution >= 4 is 21.5 Å². The molecule has 0 N–H and O–H groups in total. The topological polar surface area (TPSA) is 18.5 Å². The molecule has 0 saturated heterocycles. The monoisotopic (exact) mass is 390 g/mol. The van der Waals surface area contributed by atoms with E-state index in [1.54, 1.807) is 0 Å². The van der Waals surface area contributed by atoms with Crippen molar-refractivity contribution in [1.82, 2.24) is 0 Å². The molecule has 0 aliphatic carbocycles. The van der Waals surface area contributed by atoms with Gasteiger partial charge in [0.2, 0.25) is 0 Å². The number of rotatable bonds is 6. The highest BCUT2D eigenvalue weighted by Gasteiger charge is 2.12. The van der Waals surface area contributed by atoms with Crippen molar-refractivity contribution in [1.29, 1.82) is 0 Å². The van der Waals surface area contributed by atoms with E-state index in [-0.39, 0.29) is 0 Å². The molecule has 0 unspecified atom stereocenters. The van der Waals surface area contributed by atoms with Crippen molar-refractivity contribution in [3.05, 3.63) is 120 Å². The van der Waals surface area contributed by atoms with Crippen LogP contribution < -0.4 is 9.47 Å². The molecule has 0 aromatic heterocycles. The van der Waals surface area contributed by atoms with Gasteiger partial charge in [0.25, 0.3) is 0 Å². The first kappa shape index (κ1) is 18.3. The Labute approximate surface area is 176 Å². The molecule has 0 heterocycles. The molecule has 2 heteroatoms. The Morgan fingerprint density at radius 1 is 0.467 bits per heavy atom. The van der Waals surface area contributed by atoms with E-state index >= 15 is 0 Å². The number of fused-ring (bicyclic) bond motifs is 2. The van der Waals surface area contributed by atoms with Crippen LogP contribution in [-0.4, -0.2) is 0 Å². The Kier molecular flexibility index (Phi) is 5.05. The Morgan fingerprint density at radius 2 is 1.03 bits per heavy atom. The molecule has 0 radical (unpaired) electrons. The fourth-order valence-electron chi connectivity index (χ4n) is 3.69. The van der Waals surface area contributed by atoms with E-state index in [9.17, 15) is 0 Å². The van der Waals surface area contributed by atoms with Crippen LogP contribution in [0.15, 0.2) is 109 Å². The van der Waals surface area contributed by atoms with Crippen LogP contribution in [-0.2, 0) is 13.2 Å². The second-order valence-electron chi connectivity index (χ2n) is 7.36. The quantitative estimate of drug-likeness (QED) is 0.287. The van der Waals surface area contributed by atoms with E-state index in [4.69, 9.17) is 9.47 Å². The maximum Gasteiger partial charge on any atom is 0.169 e. The Bertz CT molecular complexity index is 1280. The lowest BCUT2D eigenvalue weighted by atomic mass is 10.0. The highest BCUT2D eigenvalue weighted by atomic mass is 16.5. The van der Waals surface area contributed by atoms with Crippen LogP contribution in [0.4, 0.5) is 0 Å². The predicted octanol–water partition coefficient (Wildman–Crippen LogP) is 7.15. The molecule has 30 heavy (non-hydrogen) atoms. The zero-order valence-corrected chi connectivity index (χ0v) is 16.6. The third-order valence-electron chi connectivity index (χ3n) is 5.26. The maximum absolute atomic E-state index is 6.35. The predicted molar refractivity (Wildman–Crippen MR) is 123 cm³/mol. The van der Waals surface area contributed by atoms with Gasteiger partial charge >= 0.3 is 0 Å². The first-order valence-electron chi connectivity index (χ1n) is 10.2. The Balaban J connectivity index is 1.55. The average Bonchev–Trinajstić information content (AvgIpc) is 2.81. The van der Waals surface area contributed by atoms with Crippen molar-refractivity contribution in [2.45, 2.75) is 13.2 Å². The van der Waals surface area contributed by atoms with Crippen LogP contribution in [0.5, 0.6) is 11.5 Å². The van der Waals surface area contributed by atoms with Crippen LogP contribution in [0.3, 0.4) is 0 Å². The largest absolute Gasteiger partial charge is 0.485 e. The SMILES string of the molecule is c1ccc(COc2ccc3cc4ccccc4cc3c2OCc2ccccc2)cc1. The van der Waals surface area contributed by atoms with E-state index in [0.29, 0.717) is 13.2 Å². The summed E-state index contributed by atoms with van der Waals surface area (Å²) in [7, 11) is 0. The Morgan fingerprint density at radius 3 is 1.70 bits per heavy atom. The molecule has 0 amide bonds. The summed E-state index contributed by atoms with van der Waals surface area (Å²) in [5.41, 5.74) is 2.26. The molecule has 0 spiro atoms. The average molecular weight is 390 g/mol. The molecule has 0 aliphatic rings. The second-order valence-corrected chi connectivity index (χ2v) is 7.36. The van der Waals surface area contributed by atoms with Crippen molar-refractivity contribution in [2.24, 2.45) is 0 Å². The van der Waals surface area contributed by atoms with Crippen molar-refractivity contribution in [3.8, 4) is 11.5 Å². The van der Waals surface area contributed by atoms with Gasteiger partial charge in [0.05, 0.1) is 0 Å². The molecule has 146 valence electrons. The summed E-state index contributed by atoms with van der Waals surface area (Å²) in [5.74, 6) is 1.55. The summed E-state index contributed by atoms with van der Waals surface area (Å²) >= 11 is 0. The van der Waals surface area contributed by atoms with E-state index < -0.39 is 0 Å². The molecule has 5 rings (SSSR count). The van der Waals surface area contributed by atoms with E-state index in [0.717, 1.165) is 33.4 Å². The summed E-state index contributed by atoms with van der Waals surface area (Å²) in [4.78, 5) is 0. The molecule has 2 nitrogen and oxygen atoms in total. The molecular weight excluding hydrogens is 368 g/mol. The highest BCUT2D eigenvalue weighted by molar-refractivity contribution is 6.01. The minimum Gasteiger partial charge on any atom is -0.485 e. The normalized spacial score (nSPS) is 10.9. The summed E-state index contributed by atoms with van der Waals surface area (Å²) < 4.78 is 12.6. The first-order chi connectivity index (χ1) is 14.9. The fraction of sp³-hybridized carbons (Fsp3) is 0.0714. The van der Waals surface area contributed by atoms with Crippen LogP contribution in [0.1, 0.15) is 11.1 Å². The maximum atomic E-state index is 6.35. The van der Waals surface area contributed by atoms with E-state index in [1.807, 2.05) is 42.5 Å². The van der Waals surface area contributed by atoms with Crippen LogP contribution in [0.25, 0.3) is 21.5 Å². The molecular formula is C28H22O2. The van der Waals surface area contributed by atoms with Crippen LogP contribution in [0.2, 0.25) is 0 Å². The second kappa shape index (κ2) is 8.30. The molecule has 0 bridgehead atoms. The first-order valence-corrected chi connectivity index (χ1v) is 10.2. The lowest BCUT2D eigenvalue weighted by molar-refractivity contribution is 0.259. The number of hydrogen-bond acceptors (Lipinski definition) is 2. The van der Waals surface area contributed by atoms with Crippen molar-refractivity contribution in [2.75, 3.05) is 0 Å². The third kappa shape index (κ3) is 3.85. The molecule has 0 atom stereocenters. The summed E-state index contributed by atoms with van der Waals surface area (Å²) in [5, 5.41) is 4.62. The summed E-state index contributed by atoms with van der Waals surface area (Å²) in [6.07, 6.45) is 0. The van der Waals surface area contributed by atoms with Gasteiger partial charge < -0.3 is 9.47 Å². The number of benzene rings is 5. The van der Waals surface area contributed by atoms with Gasteiger partial charge in [-0.2, -0.15) is 0 Å². The van der Waals surface area contributed by atoms with Crippen LogP contribution >= 0.6 is 0 Å². The van der Waals surface area contributed by atoms with Gasteiger partial charge in [0, 0.05) is 5.39 Å². The molecule has 0 fully saturated rings. The standard InChI is InChI=1S/C28H22O2/c1-3-9-21(10-4-1)19-29-27-16-15-25-17-23-13-7-8-14-24(23)18-26(25)28(27)30-20-22-11-5-2-6-12-22/h1-18H,19-20H2.